The third-order valence-electron chi connectivity index (χ3n) is 3.72. The van der Waals surface area contributed by atoms with Crippen molar-refractivity contribution in [1.82, 2.24) is 0 Å². The summed E-state index contributed by atoms with van der Waals surface area (Å²) in [4.78, 5) is 0. The molecular weight excluding hydrogens is 220 g/mol. The fourth-order valence-electron chi connectivity index (χ4n) is 2.40. The van der Waals surface area contributed by atoms with Crippen molar-refractivity contribution in [3.05, 3.63) is 12.7 Å². The Balaban J connectivity index is 3.39. The Morgan fingerprint density at radius 1 is 0.824 bits per heavy atom. The lowest BCUT2D eigenvalue weighted by Crippen LogP contribution is -2.24. The molecule has 102 valence electrons. The summed E-state index contributed by atoms with van der Waals surface area (Å²) in [6, 6.07) is 3.07. The van der Waals surface area contributed by atoms with Gasteiger partial charge in [0, 0.05) is 8.07 Å². The normalized spacial score (nSPS) is 11.7. The largest absolute Gasteiger partial charge is 0.103 e. The van der Waals surface area contributed by atoms with Crippen LogP contribution in [0.5, 0.6) is 0 Å². The molecule has 0 saturated heterocycles. The molecule has 0 spiro atoms. The molecule has 0 aliphatic heterocycles. The minimum atomic E-state index is -0.856. The molecule has 0 heterocycles. The van der Waals surface area contributed by atoms with E-state index in [2.05, 4.69) is 32.7 Å². The van der Waals surface area contributed by atoms with Gasteiger partial charge >= 0.3 is 0 Å². The van der Waals surface area contributed by atoms with E-state index in [1.807, 2.05) is 0 Å². The summed E-state index contributed by atoms with van der Waals surface area (Å²) in [6.07, 6.45) is 14.7. The van der Waals surface area contributed by atoms with Gasteiger partial charge in [0.25, 0.3) is 0 Å². The standard InChI is InChI=1S/C16H34Si/c1-5-7-9-11-12-14-16-17(3,4)15-13-10-8-6-2/h6H,2,5,7-16H2,1,3-4H3. The van der Waals surface area contributed by atoms with Gasteiger partial charge in [-0.3, -0.25) is 0 Å². The third-order valence-corrected chi connectivity index (χ3v) is 7.13. The van der Waals surface area contributed by atoms with Crippen LogP contribution >= 0.6 is 0 Å². The molecule has 0 nitrogen and oxygen atoms in total. The number of hydrogen-bond donors (Lipinski definition) is 0. The first-order chi connectivity index (χ1) is 8.12. The van der Waals surface area contributed by atoms with Crippen molar-refractivity contribution >= 4 is 8.07 Å². The Morgan fingerprint density at radius 2 is 1.35 bits per heavy atom. The van der Waals surface area contributed by atoms with E-state index in [0.717, 1.165) is 0 Å². The number of hydrogen-bond acceptors (Lipinski definition) is 0. The van der Waals surface area contributed by atoms with Crippen molar-refractivity contribution in [1.29, 1.82) is 0 Å². The predicted octanol–water partition coefficient (Wildman–Crippen LogP) is 6.41. The summed E-state index contributed by atoms with van der Waals surface area (Å²) in [7, 11) is -0.856. The van der Waals surface area contributed by atoms with Crippen LogP contribution in [0, 0.1) is 0 Å². The van der Waals surface area contributed by atoms with Gasteiger partial charge in [-0.25, -0.2) is 0 Å². The first-order valence-electron chi connectivity index (χ1n) is 7.73. The second-order valence-electron chi connectivity index (χ2n) is 6.22. The fraction of sp³-hybridized carbons (Fsp3) is 0.875. The zero-order chi connectivity index (χ0) is 13.0. The van der Waals surface area contributed by atoms with Crippen molar-refractivity contribution < 1.29 is 0 Å². The van der Waals surface area contributed by atoms with Gasteiger partial charge in [0.15, 0.2) is 0 Å². The van der Waals surface area contributed by atoms with Crippen LogP contribution in [0.4, 0.5) is 0 Å². The molecule has 0 atom stereocenters. The number of allylic oxidation sites excluding steroid dienone is 1. The SMILES string of the molecule is C=CCCCC[Si](C)(C)CCCCCCCC. The van der Waals surface area contributed by atoms with Gasteiger partial charge in [0.05, 0.1) is 0 Å². The molecule has 0 aromatic heterocycles. The van der Waals surface area contributed by atoms with Crippen LogP contribution < -0.4 is 0 Å². The third kappa shape index (κ3) is 12.2. The van der Waals surface area contributed by atoms with Crippen LogP contribution in [0.2, 0.25) is 25.2 Å². The Bertz CT molecular complexity index is 172. The van der Waals surface area contributed by atoms with Gasteiger partial charge in [0.1, 0.15) is 0 Å². The molecule has 1 heteroatoms. The highest BCUT2D eigenvalue weighted by atomic mass is 28.3. The van der Waals surface area contributed by atoms with Gasteiger partial charge in [-0.2, -0.15) is 0 Å². The molecule has 17 heavy (non-hydrogen) atoms. The maximum atomic E-state index is 3.79. The van der Waals surface area contributed by atoms with E-state index >= 15 is 0 Å². The van der Waals surface area contributed by atoms with Crippen LogP contribution in [0.3, 0.4) is 0 Å². The van der Waals surface area contributed by atoms with E-state index in [9.17, 15) is 0 Å². The average molecular weight is 255 g/mol. The van der Waals surface area contributed by atoms with Crippen molar-refractivity contribution in [2.75, 3.05) is 0 Å². The van der Waals surface area contributed by atoms with E-state index in [0.29, 0.717) is 0 Å². The maximum absolute atomic E-state index is 3.79. The van der Waals surface area contributed by atoms with Crippen LogP contribution in [0.1, 0.15) is 64.7 Å². The molecule has 0 fully saturated rings. The van der Waals surface area contributed by atoms with E-state index in [4.69, 9.17) is 0 Å². The van der Waals surface area contributed by atoms with E-state index < -0.39 is 8.07 Å². The average Bonchev–Trinajstić information content (AvgIpc) is 2.29. The molecule has 0 amide bonds. The summed E-state index contributed by atoms with van der Waals surface area (Å²) in [5.41, 5.74) is 0. The Morgan fingerprint density at radius 3 is 1.94 bits per heavy atom. The number of unbranched alkanes of at least 4 members (excludes halogenated alkanes) is 7. The van der Waals surface area contributed by atoms with Gasteiger partial charge in [-0.15, -0.1) is 6.58 Å². The molecule has 0 aliphatic rings. The minimum Gasteiger partial charge on any atom is -0.103 e. The predicted molar refractivity (Wildman–Crippen MR) is 84.5 cm³/mol. The zero-order valence-electron chi connectivity index (χ0n) is 12.6. The van der Waals surface area contributed by atoms with Crippen LogP contribution in [0.25, 0.3) is 0 Å². The molecule has 0 radical (unpaired) electrons. The van der Waals surface area contributed by atoms with Gasteiger partial charge in [0.2, 0.25) is 0 Å². The fourth-order valence-corrected chi connectivity index (χ4v) is 5.07. The molecular formula is C16H34Si. The van der Waals surface area contributed by atoms with Crippen LogP contribution in [-0.2, 0) is 0 Å². The molecule has 0 aliphatic carbocycles. The van der Waals surface area contributed by atoms with Gasteiger partial charge in [-0.05, 0) is 6.42 Å². The van der Waals surface area contributed by atoms with Crippen LogP contribution in [-0.4, -0.2) is 8.07 Å². The summed E-state index contributed by atoms with van der Waals surface area (Å²) >= 11 is 0. The molecule has 0 unspecified atom stereocenters. The highest BCUT2D eigenvalue weighted by Crippen LogP contribution is 2.22. The highest BCUT2D eigenvalue weighted by Gasteiger charge is 2.18. The Labute approximate surface area is 111 Å². The maximum Gasteiger partial charge on any atom is 0.0473 e. The lowest BCUT2D eigenvalue weighted by molar-refractivity contribution is 0.621. The van der Waals surface area contributed by atoms with Gasteiger partial charge in [-0.1, -0.05) is 89.5 Å². The summed E-state index contributed by atoms with van der Waals surface area (Å²) in [5, 5.41) is 0. The van der Waals surface area contributed by atoms with Crippen molar-refractivity contribution in [2.45, 2.75) is 89.9 Å². The second-order valence-corrected chi connectivity index (χ2v) is 11.5. The van der Waals surface area contributed by atoms with E-state index in [1.165, 1.54) is 63.8 Å². The highest BCUT2D eigenvalue weighted by molar-refractivity contribution is 6.77. The molecule has 0 bridgehead atoms. The smallest absolute Gasteiger partial charge is 0.0473 e. The molecule has 0 aromatic rings. The quantitative estimate of drug-likeness (QED) is 0.214. The lowest BCUT2D eigenvalue weighted by Gasteiger charge is -2.22. The van der Waals surface area contributed by atoms with E-state index in [1.54, 1.807) is 6.04 Å². The molecule has 0 N–H and O–H groups in total. The first-order valence-corrected chi connectivity index (χ1v) is 11.1. The van der Waals surface area contributed by atoms with Crippen LogP contribution in [0.15, 0.2) is 12.7 Å². The van der Waals surface area contributed by atoms with Crippen molar-refractivity contribution in [3.63, 3.8) is 0 Å². The molecule has 0 saturated carbocycles. The van der Waals surface area contributed by atoms with Crippen molar-refractivity contribution in [2.24, 2.45) is 0 Å². The van der Waals surface area contributed by atoms with E-state index in [-0.39, 0.29) is 0 Å². The number of rotatable bonds is 12. The minimum absolute atomic E-state index is 0.856. The van der Waals surface area contributed by atoms with Gasteiger partial charge < -0.3 is 0 Å². The summed E-state index contributed by atoms with van der Waals surface area (Å²) in [6.45, 7) is 11.2. The van der Waals surface area contributed by atoms with Crippen molar-refractivity contribution in [3.8, 4) is 0 Å². The summed E-state index contributed by atoms with van der Waals surface area (Å²) in [5.74, 6) is 0. The zero-order valence-corrected chi connectivity index (χ0v) is 13.6. The monoisotopic (exact) mass is 254 g/mol. The summed E-state index contributed by atoms with van der Waals surface area (Å²) < 4.78 is 0. The lowest BCUT2D eigenvalue weighted by atomic mass is 10.1. The molecule has 0 aromatic carbocycles. The molecule has 0 rings (SSSR count). The first kappa shape index (κ1) is 17.0. The Kier molecular flexibility index (Phi) is 11.0. The Hall–Kier alpha value is -0.0431. The second kappa shape index (κ2) is 11.1. The topological polar surface area (TPSA) is 0 Å².